The number of aromatic nitrogens is 4. The zero-order chi connectivity index (χ0) is 35.3. The van der Waals surface area contributed by atoms with Crippen molar-refractivity contribution in [3.05, 3.63) is 170 Å². The molecule has 0 radical (unpaired) electrons. The molecule has 0 aliphatic carbocycles. The van der Waals surface area contributed by atoms with Gasteiger partial charge in [-0.25, -0.2) is 9.97 Å². The summed E-state index contributed by atoms with van der Waals surface area (Å²) in [5.41, 5.74) is 12.4. The van der Waals surface area contributed by atoms with Gasteiger partial charge < -0.3 is 9.13 Å². The maximum absolute atomic E-state index is 5.56. The van der Waals surface area contributed by atoms with Crippen LogP contribution in [0, 0.1) is 0 Å². The second kappa shape index (κ2) is 11.2. The zero-order valence-corrected chi connectivity index (χ0v) is 30.5. The lowest BCUT2D eigenvalue weighted by atomic mass is 10.1. The van der Waals surface area contributed by atoms with Gasteiger partial charge in [-0.05, 0) is 58.4 Å². The van der Waals surface area contributed by atoms with E-state index in [0.29, 0.717) is 0 Å². The minimum absolute atomic E-state index is 0.740. The highest BCUT2D eigenvalue weighted by Crippen LogP contribution is 2.43. The molecule has 10 aromatic rings. The third-order valence-electron chi connectivity index (χ3n) is 11.3. The monoisotopic (exact) mass is 694 g/mol. The highest BCUT2D eigenvalue weighted by molar-refractivity contribution is 7.04. The molecule has 5 heteroatoms. The predicted molar refractivity (Wildman–Crippen MR) is 224 cm³/mol. The van der Waals surface area contributed by atoms with Crippen LogP contribution in [0.4, 0.5) is 0 Å². The Kier molecular flexibility index (Phi) is 6.37. The molecule has 0 saturated carbocycles. The Morgan fingerprint density at radius 2 is 1.06 bits per heavy atom. The van der Waals surface area contributed by atoms with Crippen molar-refractivity contribution in [2.24, 2.45) is 0 Å². The largest absolute Gasteiger partial charge is 0.309 e. The van der Waals surface area contributed by atoms with Crippen LogP contribution in [0.25, 0.3) is 88.9 Å². The van der Waals surface area contributed by atoms with Gasteiger partial charge in [-0.3, -0.25) is 0 Å². The van der Waals surface area contributed by atoms with Gasteiger partial charge in [0.05, 0.1) is 39.1 Å². The third-order valence-corrected chi connectivity index (χ3v) is 14.8. The molecule has 53 heavy (non-hydrogen) atoms. The fraction of sp³-hybridized carbons (Fsp3) is 0.0417. The van der Waals surface area contributed by atoms with E-state index < -0.39 is 8.07 Å². The van der Waals surface area contributed by atoms with Crippen LogP contribution >= 0.6 is 0 Å². The Morgan fingerprint density at radius 1 is 0.453 bits per heavy atom. The van der Waals surface area contributed by atoms with Crippen molar-refractivity contribution in [2.75, 3.05) is 0 Å². The van der Waals surface area contributed by atoms with Crippen molar-refractivity contribution in [3.63, 3.8) is 0 Å². The van der Waals surface area contributed by atoms with E-state index in [1.165, 1.54) is 54.0 Å². The Morgan fingerprint density at radius 3 is 1.85 bits per heavy atom. The van der Waals surface area contributed by atoms with Gasteiger partial charge in [-0.15, -0.1) is 0 Å². The Hall–Kier alpha value is -6.56. The fourth-order valence-electron chi connectivity index (χ4n) is 9.01. The first-order valence-electron chi connectivity index (χ1n) is 18.3. The van der Waals surface area contributed by atoms with Crippen LogP contribution in [0.15, 0.2) is 170 Å². The minimum Gasteiger partial charge on any atom is -0.309 e. The number of benzene rings is 7. The molecule has 0 atom stereocenters. The van der Waals surface area contributed by atoms with E-state index >= 15 is 0 Å². The van der Waals surface area contributed by atoms with Crippen LogP contribution in [0.5, 0.6) is 0 Å². The summed E-state index contributed by atoms with van der Waals surface area (Å²) in [6.45, 7) is 4.88. The van der Waals surface area contributed by atoms with Gasteiger partial charge in [0.2, 0.25) is 0 Å². The van der Waals surface area contributed by atoms with Crippen LogP contribution in [0.1, 0.15) is 0 Å². The van der Waals surface area contributed by atoms with Crippen molar-refractivity contribution < 1.29 is 0 Å². The minimum atomic E-state index is -2.09. The molecule has 4 nitrogen and oxygen atoms in total. The van der Waals surface area contributed by atoms with Crippen molar-refractivity contribution in [1.29, 1.82) is 0 Å². The molecule has 7 aromatic carbocycles. The molecule has 0 fully saturated rings. The molecule has 0 N–H and O–H groups in total. The van der Waals surface area contributed by atoms with E-state index in [9.17, 15) is 0 Å². The maximum atomic E-state index is 5.56. The summed E-state index contributed by atoms with van der Waals surface area (Å²) in [4.78, 5) is 11.1. The Bertz CT molecular complexity index is 3080. The lowest BCUT2D eigenvalue weighted by molar-refractivity contribution is 1.15. The molecule has 0 unspecified atom stereocenters. The van der Waals surface area contributed by atoms with Crippen molar-refractivity contribution >= 4 is 62.1 Å². The molecular formula is C48H34N4Si. The molecule has 0 saturated heterocycles. The number of nitrogens with zero attached hydrogens (tertiary/aromatic N) is 4. The van der Waals surface area contributed by atoms with Gasteiger partial charge in [-0.2, -0.15) is 0 Å². The van der Waals surface area contributed by atoms with Crippen LogP contribution in [-0.4, -0.2) is 27.2 Å². The van der Waals surface area contributed by atoms with Crippen LogP contribution in [-0.2, 0) is 0 Å². The number of fused-ring (bicyclic) bond motifs is 10. The highest BCUT2D eigenvalue weighted by Gasteiger charge is 2.41. The summed E-state index contributed by atoms with van der Waals surface area (Å²) in [7, 11) is -2.09. The van der Waals surface area contributed by atoms with E-state index in [1.807, 2.05) is 0 Å². The molecule has 0 bridgehead atoms. The second-order valence-corrected chi connectivity index (χ2v) is 18.9. The van der Waals surface area contributed by atoms with E-state index in [2.05, 4.69) is 192 Å². The Labute approximate surface area is 308 Å². The Balaban J connectivity index is 1.26. The third kappa shape index (κ3) is 4.23. The van der Waals surface area contributed by atoms with Gasteiger partial charge in [0.1, 0.15) is 8.07 Å². The first-order valence-corrected chi connectivity index (χ1v) is 21.3. The normalized spacial score (nSPS) is 13.2. The molecular weight excluding hydrogens is 661 g/mol. The fourth-order valence-corrected chi connectivity index (χ4v) is 12.2. The van der Waals surface area contributed by atoms with E-state index in [4.69, 9.17) is 9.97 Å². The summed E-state index contributed by atoms with van der Waals surface area (Å²) >= 11 is 0. The van der Waals surface area contributed by atoms with Crippen molar-refractivity contribution in [3.8, 4) is 45.3 Å². The molecule has 0 amide bonds. The van der Waals surface area contributed by atoms with Gasteiger partial charge in [0, 0.05) is 38.4 Å². The van der Waals surface area contributed by atoms with Gasteiger partial charge in [-0.1, -0.05) is 140 Å². The first-order chi connectivity index (χ1) is 26.1. The molecule has 3 aromatic heterocycles. The smallest absolute Gasteiger partial charge is 0.162 e. The summed E-state index contributed by atoms with van der Waals surface area (Å²) in [5.74, 6) is 0.740. The summed E-state index contributed by atoms with van der Waals surface area (Å²) in [6, 6.07) is 61.2. The first kappa shape index (κ1) is 30.1. The lowest BCUT2D eigenvalue weighted by Crippen LogP contribution is -2.50. The van der Waals surface area contributed by atoms with E-state index in [0.717, 1.165) is 45.2 Å². The standard InChI is InChI=1S/C48H34N4Si/c1-53(2)42-28-16-12-24-37(42)45-47(53)44(31-17-5-3-6-18-31)49-48(50-45)36-23-11-15-27-40(36)52-38-25-13-9-21-33(38)34-29-30-41-43(46(34)52)35-22-10-14-26-39(35)51(41)32-19-7-4-8-20-32/h3-30H,1-2H3. The highest BCUT2D eigenvalue weighted by atomic mass is 28.3. The van der Waals surface area contributed by atoms with E-state index in [-0.39, 0.29) is 0 Å². The van der Waals surface area contributed by atoms with Crippen molar-refractivity contribution in [2.45, 2.75) is 13.1 Å². The molecule has 0 spiro atoms. The summed E-state index contributed by atoms with van der Waals surface area (Å²) in [6.07, 6.45) is 0. The number of hydrogen-bond acceptors (Lipinski definition) is 2. The molecule has 250 valence electrons. The molecule has 11 rings (SSSR count). The van der Waals surface area contributed by atoms with Crippen LogP contribution in [0.3, 0.4) is 0 Å². The molecule has 1 aliphatic rings. The summed E-state index contributed by atoms with van der Waals surface area (Å²) in [5, 5.41) is 7.64. The molecule has 1 aliphatic heterocycles. The number of hydrogen-bond donors (Lipinski definition) is 0. The number of para-hydroxylation sites is 4. The van der Waals surface area contributed by atoms with Gasteiger partial charge >= 0.3 is 0 Å². The van der Waals surface area contributed by atoms with Crippen LogP contribution < -0.4 is 10.4 Å². The molecule has 4 heterocycles. The average Bonchev–Trinajstić information content (AvgIpc) is 3.81. The van der Waals surface area contributed by atoms with Crippen LogP contribution in [0.2, 0.25) is 13.1 Å². The van der Waals surface area contributed by atoms with Gasteiger partial charge in [0.15, 0.2) is 5.82 Å². The zero-order valence-electron chi connectivity index (χ0n) is 29.5. The predicted octanol–water partition coefficient (Wildman–Crippen LogP) is 10.8. The average molecular weight is 695 g/mol. The summed E-state index contributed by atoms with van der Waals surface area (Å²) < 4.78 is 4.87. The van der Waals surface area contributed by atoms with Gasteiger partial charge in [0.25, 0.3) is 0 Å². The lowest BCUT2D eigenvalue weighted by Gasteiger charge is -2.22. The topological polar surface area (TPSA) is 35.6 Å². The van der Waals surface area contributed by atoms with E-state index in [1.54, 1.807) is 0 Å². The van der Waals surface area contributed by atoms with Crippen molar-refractivity contribution in [1.82, 2.24) is 19.1 Å². The maximum Gasteiger partial charge on any atom is 0.162 e. The number of rotatable bonds is 4. The quantitative estimate of drug-likeness (QED) is 0.172. The second-order valence-electron chi connectivity index (χ2n) is 14.6. The SMILES string of the molecule is C[Si]1(C)c2ccccc2-c2nc(-c3ccccc3-n3c4ccccc4c4ccc5c(c6ccccc6n5-c5ccccc5)c43)nc(-c3ccccc3)c21.